The number of hydrogen-bond donors (Lipinski definition) is 1. The van der Waals surface area contributed by atoms with Gasteiger partial charge in [0.25, 0.3) is 0 Å². The maximum Gasteiger partial charge on any atom is 0.143 e. The molecule has 0 aliphatic carbocycles. The molecule has 1 N–H and O–H groups in total. The van der Waals surface area contributed by atoms with Crippen LogP contribution in [0.15, 0.2) is 24.5 Å². The third-order valence-corrected chi connectivity index (χ3v) is 2.54. The fourth-order valence-corrected chi connectivity index (χ4v) is 1.69. The van der Waals surface area contributed by atoms with Crippen LogP contribution in [0.1, 0.15) is 5.56 Å². The Bertz CT molecular complexity index is 410. The summed E-state index contributed by atoms with van der Waals surface area (Å²) in [4.78, 5) is 4.18. The standard InChI is InChI=1S/C8H7IN2O/c9-7-4-10-8-6(5-12)2-1-3-11(7)8/h1-4,12H,5H2. The first-order valence-corrected chi connectivity index (χ1v) is 4.62. The average Bonchev–Trinajstić information content (AvgIpc) is 2.48. The SMILES string of the molecule is OCc1cccn2c(I)cnc12. The van der Waals surface area contributed by atoms with E-state index in [4.69, 9.17) is 5.11 Å². The van der Waals surface area contributed by atoms with Crippen LogP contribution in [0.3, 0.4) is 0 Å². The maximum absolute atomic E-state index is 8.99. The van der Waals surface area contributed by atoms with Crippen molar-refractivity contribution in [3.8, 4) is 0 Å². The van der Waals surface area contributed by atoms with E-state index in [0.717, 1.165) is 14.9 Å². The van der Waals surface area contributed by atoms with Crippen LogP contribution in [0.25, 0.3) is 5.65 Å². The second-order valence-corrected chi connectivity index (χ2v) is 3.57. The number of aliphatic hydroxyl groups is 1. The molecule has 0 unspecified atom stereocenters. The van der Waals surface area contributed by atoms with Crippen LogP contribution < -0.4 is 0 Å². The molecule has 2 aromatic rings. The fraction of sp³-hybridized carbons (Fsp3) is 0.125. The van der Waals surface area contributed by atoms with Crippen LogP contribution in [0.5, 0.6) is 0 Å². The van der Waals surface area contributed by atoms with Crippen molar-refractivity contribution in [2.24, 2.45) is 0 Å². The lowest BCUT2D eigenvalue weighted by Gasteiger charge is -1.98. The lowest BCUT2D eigenvalue weighted by Crippen LogP contribution is -1.92. The largest absolute Gasteiger partial charge is 0.392 e. The van der Waals surface area contributed by atoms with Gasteiger partial charge in [0.15, 0.2) is 0 Å². The summed E-state index contributed by atoms with van der Waals surface area (Å²) in [5.74, 6) is 0. The molecule has 0 atom stereocenters. The minimum absolute atomic E-state index is 0.0391. The molecule has 0 aliphatic heterocycles. The summed E-state index contributed by atoms with van der Waals surface area (Å²) in [5, 5.41) is 8.99. The summed E-state index contributed by atoms with van der Waals surface area (Å²) < 4.78 is 3.00. The Balaban J connectivity index is 2.81. The number of imidazole rings is 1. The molecule has 2 heterocycles. The van der Waals surface area contributed by atoms with E-state index in [1.807, 2.05) is 22.7 Å². The van der Waals surface area contributed by atoms with Crippen LogP contribution in [-0.2, 0) is 6.61 Å². The minimum atomic E-state index is 0.0391. The van der Waals surface area contributed by atoms with Crippen molar-refractivity contribution in [2.45, 2.75) is 6.61 Å². The van der Waals surface area contributed by atoms with Crippen LogP contribution in [0.2, 0.25) is 0 Å². The third-order valence-electron chi connectivity index (χ3n) is 1.74. The van der Waals surface area contributed by atoms with Gasteiger partial charge in [-0.25, -0.2) is 4.98 Å². The molecule has 4 heteroatoms. The Labute approximate surface area is 83.2 Å². The molecule has 0 aliphatic rings. The zero-order valence-electron chi connectivity index (χ0n) is 6.24. The Morgan fingerprint density at radius 1 is 1.58 bits per heavy atom. The molecule has 0 saturated heterocycles. The Hall–Kier alpha value is -0.620. The van der Waals surface area contributed by atoms with Gasteiger partial charge in [-0.15, -0.1) is 0 Å². The summed E-state index contributed by atoms with van der Waals surface area (Å²) >= 11 is 2.21. The molecular formula is C8H7IN2O. The monoisotopic (exact) mass is 274 g/mol. The van der Waals surface area contributed by atoms with E-state index in [1.165, 1.54) is 0 Å². The Kier molecular flexibility index (Phi) is 2.02. The molecule has 3 nitrogen and oxygen atoms in total. The smallest absolute Gasteiger partial charge is 0.143 e. The molecule has 0 radical (unpaired) electrons. The highest BCUT2D eigenvalue weighted by atomic mass is 127. The molecule has 0 fully saturated rings. The quantitative estimate of drug-likeness (QED) is 0.799. The first-order chi connectivity index (χ1) is 5.83. The number of aromatic nitrogens is 2. The highest BCUT2D eigenvalue weighted by molar-refractivity contribution is 14.1. The summed E-state index contributed by atoms with van der Waals surface area (Å²) in [6.07, 6.45) is 3.72. The molecule has 0 bridgehead atoms. The summed E-state index contributed by atoms with van der Waals surface area (Å²) in [6.45, 7) is 0.0391. The lowest BCUT2D eigenvalue weighted by molar-refractivity contribution is 0.282. The van der Waals surface area contributed by atoms with Gasteiger partial charge in [-0.05, 0) is 28.7 Å². The van der Waals surface area contributed by atoms with Crippen LogP contribution in [-0.4, -0.2) is 14.5 Å². The predicted molar refractivity (Wildman–Crippen MR) is 53.8 cm³/mol. The first-order valence-electron chi connectivity index (χ1n) is 3.54. The van der Waals surface area contributed by atoms with E-state index < -0.39 is 0 Å². The summed E-state index contributed by atoms with van der Waals surface area (Å²) in [5.41, 5.74) is 1.70. The van der Waals surface area contributed by atoms with Crippen LogP contribution in [0, 0.1) is 3.70 Å². The van der Waals surface area contributed by atoms with Gasteiger partial charge in [0.1, 0.15) is 9.35 Å². The third kappa shape index (κ3) is 1.11. The number of fused-ring (bicyclic) bond motifs is 1. The van der Waals surface area contributed by atoms with Crippen molar-refractivity contribution < 1.29 is 5.11 Å². The second kappa shape index (κ2) is 3.02. The normalized spacial score (nSPS) is 10.8. The highest BCUT2D eigenvalue weighted by Crippen LogP contribution is 2.12. The minimum Gasteiger partial charge on any atom is -0.392 e. The average molecular weight is 274 g/mol. The Morgan fingerprint density at radius 3 is 3.17 bits per heavy atom. The van der Waals surface area contributed by atoms with Gasteiger partial charge >= 0.3 is 0 Å². The summed E-state index contributed by atoms with van der Waals surface area (Å²) in [7, 11) is 0. The summed E-state index contributed by atoms with van der Waals surface area (Å²) in [6, 6.07) is 3.78. The van der Waals surface area contributed by atoms with Crippen LogP contribution in [0.4, 0.5) is 0 Å². The molecule has 0 saturated carbocycles. The molecular weight excluding hydrogens is 267 g/mol. The van der Waals surface area contributed by atoms with E-state index in [1.54, 1.807) is 6.20 Å². The highest BCUT2D eigenvalue weighted by Gasteiger charge is 2.02. The van der Waals surface area contributed by atoms with E-state index >= 15 is 0 Å². The van der Waals surface area contributed by atoms with Crippen molar-refractivity contribution in [1.29, 1.82) is 0 Å². The first kappa shape index (κ1) is 8.00. The van der Waals surface area contributed by atoms with Crippen molar-refractivity contribution in [3.63, 3.8) is 0 Å². The molecule has 12 heavy (non-hydrogen) atoms. The number of halogens is 1. The molecule has 0 aromatic carbocycles. The van der Waals surface area contributed by atoms with Crippen molar-refractivity contribution in [3.05, 3.63) is 33.8 Å². The molecule has 2 aromatic heterocycles. The predicted octanol–water partition coefficient (Wildman–Crippen LogP) is 1.43. The van der Waals surface area contributed by atoms with Gasteiger partial charge in [0.05, 0.1) is 12.8 Å². The lowest BCUT2D eigenvalue weighted by atomic mass is 10.3. The number of rotatable bonds is 1. The zero-order chi connectivity index (χ0) is 8.55. The second-order valence-electron chi connectivity index (χ2n) is 2.47. The van der Waals surface area contributed by atoms with Gasteiger partial charge in [-0.3, -0.25) is 4.40 Å². The zero-order valence-corrected chi connectivity index (χ0v) is 8.39. The molecule has 2 rings (SSSR count). The molecule has 0 spiro atoms. The van der Waals surface area contributed by atoms with Gasteiger partial charge in [0.2, 0.25) is 0 Å². The van der Waals surface area contributed by atoms with E-state index in [0.29, 0.717) is 0 Å². The van der Waals surface area contributed by atoms with E-state index in [-0.39, 0.29) is 6.61 Å². The van der Waals surface area contributed by atoms with Crippen molar-refractivity contribution in [2.75, 3.05) is 0 Å². The van der Waals surface area contributed by atoms with Gasteiger partial charge in [0, 0.05) is 11.8 Å². The number of pyridine rings is 1. The van der Waals surface area contributed by atoms with Crippen molar-refractivity contribution in [1.82, 2.24) is 9.38 Å². The van der Waals surface area contributed by atoms with E-state index in [2.05, 4.69) is 27.6 Å². The van der Waals surface area contributed by atoms with Gasteiger partial charge in [-0.1, -0.05) is 6.07 Å². The van der Waals surface area contributed by atoms with Gasteiger partial charge in [-0.2, -0.15) is 0 Å². The van der Waals surface area contributed by atoms with E-state index in [9.17, 15) is 0 Å². The topological polar surface area (TPSA) is 37.5 Å². The molecule has 0 amide bonds. The fourth-order valence-electron chi connectivity index (χ4n) is 1.16. The number of hydrogen-bond acceptors (Lipinski definition) is 2. The van der Waals surface area contributed by atoms with Crippen molar-refractivity contribution >= 4 is 28.2 Å². The maximum atomic E-state index is 8.99. The molecule has 62 valence electrons. The van der Waals surface area contributed by atoms with Crippen LogP contribution >= 0.6 is 22.6 Å². The number of aliphatic hydroxyl groups excluding tert-OH is 1. The Morgan fingerprint density at radius 2 is 2.42 bits per heavy atom. The van der Waals surface area contributed by atoms with Gasteiger partial charge < -0.3 is 5.11 Å². The number of nitrogens with zero attached hydrogens (tertiary/aromatic N) is 2.